The van der Waals surface area contributed by atoms with Gasteiger partial charge in [0.05, 0.1) is 22.0 Å². The minimum Gasteiger partial charge on any atom is -0.354 e. The first-order valence-corrected chi connectivity index (χ1v) is 13.6. The van der Waals surface area contributed by atoms with Crippen molar-refractivity contribution in [3.63, 3.8) is 0 Å². The van der Waals surface area contributed by atoms with Gasteiger partial charge in [-0.2, -0.15) is 0 Å². The number of carbonyl (C=O) groups is 2. The molecule has 0 saturated carbocycles. The van der Waals surface area contributed by atoms with Crippen molar-refractivity contribution in [2.75, 3.05) is 23.7 Å². The smallest absolute Gasteiger partial charge is 0.244 e. The topological polar surface area (TPSA) is 86.8 Å². The Morgan fingerprint density at radius 2 is 1.68 bits per heavy atom. The van der Waals surface area contributed by atoms with Gasteiger partial charge in [0, 0.05) is 23.1 Å². The molecule has 0 aliphatic carbocycles. The Morgan fingerprint density at radius 1 is 1.00 bits per heavy atom. The molecule has 2 aromatic rings. The average molecular weight is 569 g/mol. The van der Waals surface area contributed by atoms with E-state index in [-0.39, 0.29) is 28.2 Å². The van der Waals surface area contributed by atoms with E-state index in [0.29, 0.717) is 28.6 Å². The lowest BCUT2D eigenvalue weighted by Gasteiger charge is -2.31. The molecule has 34 heavy (non-hydrogen) atoms. The second-order valence-electron chi connectivity index (χ2n) is 7.59. The molecule has 2 rings (SSSR count). The van der Waals surface area contributed by atoms with Gasteiger partial charge < -0.3 is 10.2 Å². The first-order chi connectivity index (χ1) is 15.8. The van der Waals surface area contributed by atoms with Crippen LogP contribution in [0, 0.1) is 0 Å². The fourth-order valence-electron chi connectivity index (χ4n) is 3.07. The van der Waals surface area contributed by atoms with E-state index in [2.05, 4.69) is 5.32 Å². The van der Waals surface area contributed by atoms with Gasteiger partial charge in [0.15, 0.2) is 0 Å². The van der Waals surface area contributed by atoms with E-state index in [9.17, 15) is 18.0 Å². The Kier molecular flexibility index (Phi) is 10.3. The molecule has 0 aromatic heterocycles. The molecule has 2 aromatic carbocycles. The summed E-state index contributed by atoms with van der Waals surface area (Å²) >= 11 is 24.3. The van der Waals surface area contributed by atoms with Gasteiger partial charge in [-0.05, 0) is 49.2 Å². The molecule has 0 aliphatic rings. The molecule has 0 saturated heterocycles. The molecule has 0 unspecified atom stereocenters. The zero-order valence-corrected chi connectivity index (χ0v) is 22.7. The SMILES string of the molecule is CCCNC(=O)[C@H](C)N(Cc1ccc(Cl)cc1Cl)C(=O)CN(c1ccc(Cl)c(Cl)c1)S(C)(=O)=O. The lowest BCUT2D eigenvalue weighted by molar-refractivity contribution is -0.139. The number of benzene rings is 2. The van der Waals surface area contributed by atoms with Crippen LogP contribution in [0.4, 0.5) is 5.69 Å². The highest BCUT2D eigenvalue weighted by atomic mass is 35.5. The number of amides is 2. The maximum absolute atomic E-state index is 13.4. The largest absolute Gasteiger partial charge is 0.354 e. The molecular formula is C22H25Cl4N3O4S. The molecular weight excluding hydrogens is 544 g/mol. The highest BCUT2D eigenvalue weighted by Gasteiger charge is 2.30. The quantitative estimate of drug-likeness (QED) is 0.436. The lowest BCUT2D eigenvalue weighted by atomic mass is 10.1. The van der Waals surface area contributed by atoms with Gasteiger partial charge in [0.1, 0.15) is 12.6 Å². The number of anilines is 1. The summed E-state index contributed by atoms with van der Waals surface area (Å²) in [4.78, 5) is 27.4. The van der Waals surface area contributed by atoms with Crippen LogP contribution >= 0.6 is 46.4 Å². The van der Waals surface area contributed by atoms with Crippen molar-refractivity contribution in [3.05, 3.63) is 62.1 Å². The van der Waals surface area contributed by atoms with Crippen molar-refractivity contribution in [3.8, 4) is 0 Å². The van der Waals surface area contributed by atoms with Gasteiger partial charge in [-0.1, -0.05) is 59.4 Å². The molecule has 0 aliphatic heterocycles. The number of carbonyl (C=O) groups excluding carboxylic acids is 2. The Hall–Kier alpha value is -1.71. The van der Waals surface area contributed by atoms with Crippen LogP contribution in [0.15, 0.2) is 36.4 Å². The summed E-state index contributed by atoms with van der Waals surface area (Å²) in [6.45, 7) is 3.31. The lowest BCUT2D eigenvalue weighted by Crippen LogP contribution is -2.51. The molecule has 1 N–H and O–H groups in total. The van der Waals surface area contributed by atoms with E-state index >= 15 is 0 Å². The van der Waals surface area contributed by atoms with Crippen LogP contribution in [0.3, 0.4) is 0 Å². The van der Waals surface area contributed by atoms with Crippen LogP contribution in [-0.2, 0) is 26.2 Å². The van der Waals surface area contributed by atoms with Crippen LogP contribution in [0.2, 0.25) is 20.1 Å². The van der Waals surface area contributed by atoms with Gasteiger partial charge in [-0.25, -0.2) is 8.42 Å². The van der Waals surface area contributed by atoms with Crippen molar-refractivity contribution in [2.45, 2.75) is 32.9 Å². The van der Waals surface area contributed by atoms with Crippen LogP contribution in [-0.4, -0.2) is 50.5 Å². The maximum atomic E-state index is 13.4. The second-order valence-corrected chi connectivity index (χ2v) is 11.2. The number of nitrogens with one attached hydrogen (secondary N) is 1. The highest BCUT2D eigenvalue weighted by Crippen LogP contribution is 2.29. The van der Waals surface area contributed by atoms with Crippen LogP contribution in [0.1, 0.15) is 25.8 Å². The standard InChI is InChI=1S/C22H25Cl4N3O4S/c1-4-9-27-22(31)14(2)28(12-15-5-6-16(23)10-19(15)25)21(30)13-29(34(3,32)33)17-7-8-18(24)20(26)11-17/h5-8,10-11,14H,4,9,12-13H2,1-3H3,(H,27,31)/t14-/m0/s1. The first kappa shape index (κ1) is 28.5. The fraction of sp³-hybridized carbons (Fsp3) is 0.364. The second kappa shape index (κ2) is 12.3. The van der Waals surface area contributed by atoms with Crippen LogP contribution in [0.5, 0.6) is 0 Å². The first-order valence-electron chi connectivity index (χ1n) is 10.3. The third-order valence-electron chi connectivity index (χ3n) is 4.94. The Morgan fingerprint density at radius 3 is 2.24 bits per heavy atom. The zero-order valence-electron chi connectivity index (χ0n) is 18.8. The number of sulfonamides is 1. The number of rotatable bonds is 10. The van der Waals surface area contributed by atoms with E-state index < -0.39 is 28.5 Å². The Bertz CT molecular complexity index is 1160. The third-order valence-corrected chi connectivity index (χ3v) is 7.41. The summed E-state index contributed by atoms with van der Waals surface area (Å²) in [5.41, 5.74) is 0.716. The number of hydrogen-bond donors (Lipinski definition) is 1. The predicted molar refractivity (Wildman–Crippen MR) is 138 cm³/mol. The maximum Gasteiger partial charge on any atom is 0.244 e. The van der Waals surface area contributed by atoms with Crippen molar-refractivity contribution in [1.82, 2.24) is 10.2 Å². The molecule has 0 spiro atoms. The predicted octanol–water partition coefficient (Wildman–Crippen LogP) is 5.01. The molecule has 186 valence electrons. The summed E-state index contributed by atoms with van der Waals surface area (Å²) in [6, 6.07) is 8.13. The zero-order chi connectivity index (χ0) is 25.6. The van der Waals surface area contributed by atoms with E-state index in [1.807, 2.05) is 6.92 Å². The summed E-state index contributed by atoms with van der Waals surface area (Å²) in [7, 11) is -3.88. The van der Waals surface area contributed by atoms with Gasteiger partial charge in [0.25, 0.3) is 0 Å². The van der Waals surface area contributed by atoms with Crippen LogP contribution in [0.25, 0.3) is 0 Å². The minimum absolute atomic E-state index is 0.0332. The minimum atomic E-state index is -3.88. The molecule has 0 fully saturated rings. The molecule has 0 heterocycles. The number of nitrogens with zero attached hydrogens (tertiary/aromatic N) is 2. The number of hydrogen-bond acceptors (Lipinski definition) is 4. The molecule has 12 heteroatoms. The highest BCUT2D eigenvalue weighted by molar-refractivity contribution is 7.92. The van der Waals surface area contributed by atoms with Gasteiger partial charge in [-0.3, -0.25) is 13.9 Å². The fourth-order valence-corrected chi connectivity index (χ4v) is 4.67. The van der Waals surface area contributed by atoms with Crippen molar-refractivity contribution in [2.24, 2.45) is 0 Å². The molecule has 7 nitrogen and oxygen atoms in total. The Labute approximate surface area is 220 Å². The van der Waals surface area contributed by atoms with Gasteiger partial charge in [0.2, 0.25) is 21.8 Å². The van der Waals surface area contributed by atoms with Gasteiger partial charge in [-0.15, -0.1) is 0 Å². The normalized spacial score (nSPS) is 12.2. The third kappa shape index (κ3) is 7.65. The summed E-state index contributed by atoms with van der Waals surface area (Å²) < 4.78 is 26.0. The number of halogens is 4. The molecule has 0 radical (unpaired) electrons. The van der Waals surface area contributed by atoms with Crippen molar-refractivity contribution < 1.29 is 18.0 Å². The van der Waals surface area contributed by atoms with Gasteiger partial charge >= 0.3 is 0 Å². The van der Waals surface area contributed by atoms with Crippen molar-refractivity contribution >= 4 is 73.9 Å². The van der Waals surface area contributed by atoms with Crippen LogP contribution < -0.4 is 9.62 Å². The molecule has 0 bridgehead atoms. The van der Waals surface area contributed by atoms with Crippen molar-refractivity contribution in [1.29, 1.82) is 0 Å². The monoisotopic (exact) mass is 567 g/mol. The summed E-state index contributed by atoms with van der Waals surface area (Å²) in [6.07, 6.45) is 1.69. The summed E-state index contributed by atoms with van der Waals surface area (Å²) in [5, 5.41) is 3.87. The molecule has 2 amide bonds. The summed E-state index contributed by atoms with van der Waals surface area (Å²) in [5.74, 6) is -0.984. The van der Waals surface area contributed by atoms with E-state index in [1.54, 1.807) is 19.1 Å². The Balaban J connectivity index is 2.42. The molecule has 1 atom stereocenters. The van der Waals surface area contributed by atoms with E-state index in [0.717, 1.165) is 10.6 Å². The average Bonchev–Trinajstić information content (AvgIpc) is 2.75. The van der Waals surface area contributed by atoms with E-state index in [1.165, 1.54) is 29.2 Å². The van der Waals surface area contributed by atoms with E-state index in [4.69, 9.17) is 46.4 Å².